The van der Waals surface area contributed by atoms with E-state index in [9.17, 15) is 4.79 Å². The second-order valence-corrected chi connectivity index (χ2v) is 7.31. The molecular weight excluding hydrogens is 236 g/mol. The summed E-state index contributed by atoms with van der Waals surface area (Å²) in [6.45, 7) is 13.7. The summed E-state index contributed by atoms with van der Waals surface area (Å²) in [5.74, 6) is 1.62. The maximum Gasteiger partial charge on any atom is 0.317 e. The molecule has 0 saturated carbocycles. The Morgan fingerprint density at radius 1 is 1.32 bits per heavy atom. The summed E-state index contributed by atoms with van der Waals surface area (Å²) in [7, 11) is 0. The Morgan fingerprint density at radius 3 is 2.37 bits per heavy atom. The van der Waals surface area contributed by atoms with Crippen LogP contribution in [0.25, 0.3) is 0 Å². The second kappa shape index (κ2) is 7.16. The van der Waals surface area contributed by atoms with Crippen LogP contribution in [0.4, 0.5) is 4.79 Å². The van der Waals surface area contributed by atoms with Gasteiger partial charge < -0.3 is 10.2 Å². The third-order valence-corrected chi connectivity index (χ3v) is 4.15. The number of carbonyl (C=O) groups excluding carboxylic acids is 1. The molecule has 0 bridgehead atoms. The lowest BCUT2D eigenvalue weighted by molar-refractivity contribution is 0.148. The maximum absolute atomic E-state index is 12.1. The van der Waals surface area contributed by atoms with Crippen LogP contribution in [0.3, 0.4) is 0 Å². The SMILES string of the molecule is CCCC(C)C1CCN(C(=O)NCC(C)(C)C)CC1. The van der Waals surface area contributed by atoms with E-state index in [1.807, 2.05) is 4.90 Å². The fourth-order valence-corrected chi connectivity index (χ4v) is 2.82. The number of piperidine rings is 1. The second-order valence-electron chi connectivity index (χ2n) is 7.31. The number of amides is 2. The average molecular weight is 268 g/mol. The molecule has 1 atom stereocenters. The van der Waals surface area contributed by atoms with E-state index in [2.05, 4.69) is 39.9 Å². The Morgan fingerprint density at radius 2 is 1.89 bits per heavy atom. The summed E-state index contributed by atoms with van der Waals surface area (Å²) in [5.41, 5.74) is 0.156. The van der Waals surface area contributed by atoms with Gasteiger partial charge in [0.05, 0.1) is 0 Å². The number of likely N-dealkylation sites (tertiary alicyclic amines) is 1. The van der Waals surface area contributed by atoms with Crippen molar-refractivity contribution in [3.05, 3.63) is 0 Å². The van der Waals surface area contributed by atoms with Crippen molar-refractivity contribution in [1.29, 1.82) is 0 Å². The molecule has 0 aromatic carbocycles. The number of nitrogens with zero attached hydrogens (tertiary/aromatic N) is 1. The highest BCUT2D eigenvalue weighted by molar-refractivity contribution is 5.74. The van der Waals surface area contributed by atoms with Gasteiger partial charge in [0.2, 0.25) is 0 Å². The number of nitrogens with one attached hydrogen (secondary N) is 1. The smallest absolute Gasteiger partial charge is 0.317 e. The molecular formula is C16H32N2O. The van der Waals surface area contributed by atoms with Crippen molar-refractivity contribution in [2.75, 3.05) is 19.6 Å². The molecule has 2 amide bonds. The highest BCUT2D eigenvalue weighted by Gasteiger charge is 2.26. The molecule has 1 unspecified atom stereocenters. The molecule has 1 heterocycles. The first kappa shape index (κ1) is 16.3. The molecule has 1 saturated heterocycles. The first-order chi connectivity index (χ1) is 8.83. The van der Waals surface area contributed by atoms with Gasteiger partial charge in [-0.05, 0) is 30.1 Å². The van der Waals surface area contributed by atoms with Crippen LogP contribution in [0.5, 0.6) is 0 Å². The standard InChI is InChI=1S/C16H32N2O/c1-6-7-13(2)14-8-10-18(11-9-14)15(19)17-12-16(3,4)5/h13-14H,6-12H2,1-5H3,(H,17,19). The van der Waals surface area contributed by atoms with Gasteiger partial charge in [0, 0.05) is 19.6 Å². The monoisotopic (exact) mass is 268 g/mol. The first-order valence-corrected chi connectivity index (χ1v) is 7.86. The molecule has 0 radical (unpaired) electrons. The number of carbonyl (C=O) groups is 1. The molecule has 1 N–H and O–H groups in total. The van der Waals surface area contributed by atoms with Crippen molar-refractivity contribution < 1.29 is 4.79 Å². The quantitative estimate of drug-likeness (QED) is 0.824. The molecule has 3 nitrogen and oxygen atoms in total. The molecule has 0 aromatic rings. The van der Waals surface area contributed by atoms with Crippen molar-refractivity contribution in [3.63, 3.8) is 0 Å². The van der Waals surface area contributed by atoms with Gasteiger partial charge in [-0.2, -0.15) is 0 Å². The van der Waals surface area contributed by atoms with Crippen LogP contribution in [0.1, 0.15) is 60.3 Å². The van der Waals surface area contributed by atoms with Gasteiger partial charge >= 0.3 is 6.03 Å². The lowest BCUT2D eigenvalue weighted by Gasteiger charge is -2.35. The van der Waals surface area contributed by atoms with E-state index in [0.717, 1.165) is 31.5 Å². The minimum Gasteiger partial charge on any atom is -0.337 e. The number of urea groups is 1. The van der Waals surface area contributed by atoms with E-state index in [4.69, 9.17) is 0 Å². The third kappa shape index (κ3) is 5.84. The van der Waals surface area contributed by atoms with E-state index in [1.165, 1.54) is 25.7 Å². The van der Waals surface area contributed by atoms with Gasteiger partial charge in [-0.1, -0.05) is 47.5 Å². The lowest BCUT2D eigenvalue weighted by atomic mass is 9.83. The maximum atomic E-state index is 12.1. The Balaban J connectivity index is 2.31. The molecule has 112 valence electrons. The van der Waals surface area contributed by atoms with Crippen LogP contribution in [0, 0.1) is 17.3 Å². The molecule has 1 aliphatic rings. The Hall–Kier alpha value is -0.730. The number of hydrogen-bond acceptors (Lipinski definition) is 1. The molecule has 0 aromatic heterocycles. The summed E-state index contributed by atoms with van der Waals surface area (Å²) >= 11 is 0. The Bertz CT molecular complexity index is 275. The first-order valence-electron chi connectivity index (χ1n) is 7.86. The van der Waals surface area contributed by atoms with E-state index in [1.54, 1.807) is 0 Å². The molecule has 0 aliphatic carbocycles. The van der Waals surface area contributed by atoms with Crippen LogP contribution in [-0.4, -0.2) is 30.6 Å². The average Bonchev–Trinajstić information content (AvgIpc) is 2.35. The van der Waals surface area contributed by atoms with Gasteiger partial charge in [0.15, 0.2) is 0 Å². The number of rotatable bonds is 4. The van der Waals surface area contributed by atoms with Crippen molar-refractivity contribution in [2.45, 2.75) is 60.3 Å². The fraction of sp³-hybridized carbons (Fsp3) is 0.938. The minimum absolute atomic E-state index is 0.122. The Kier molecular flexibility index (Phi) is 6.15. The summed E-state index contributed by atoms with van der Waals surface area (Å²) in [6, 6.07) is 0.122. The van der Waals surface area contributed by atoms with Gasteiger partial charge in [-0.3, -0.25) is 0 Å². The third-order valence-electron chi connectivity index (χ3n) is 4.15. The summed E-state index contributed by atoms with van der Waals surface area (Å²) in [5, 5.41) is 3.05. The topological polar surface area (TPSA) is 32.3 Å². The summed E-state index contributed by atoms with van der Waals surface area (Å²) in [4.78, 5) is 14.0. The molecule has 3 heteroatoms. The lowest BCUT2D eigenvalue weighted by Crippen LogP contribution is -2.47. The fourth-order valence-electron chi connectivity index (χ4n) is 2.82. The Labute approximate surface area is 119 Å². The van der Waals surface area contributed by atoms with Crippen molar-refractivity contribution in [1.82, 2.24) is 10.2 Å². The molecule has 1 aliphatic heterocycles. The highest BCUT2D eigenvalue weighted by atomic mass is 16.2. The largest absolute Gasteiger partial charge is 0.337 e. The van der Waals surface area contributed by atoms with E-state index < -0.39 is 0 Å². The van der Waals surface area contributed by atoms with E-state index in [0.29, 0.717) is 0 Å². The van der Waals surface area contributed by atoms with Crippen molar-refractivity contribution >= 4 is 6.03 Å². The predicted molar refractivity (Wildman–Crippen MR) is 81.2 cm³/mol. The zero-order valence-corrected chi connectivity index (χ0v) is 13.5. The number of hydrogen-bond donors (Lipinski definition) is 1. The van der Waals surface area contributed by atoms with Crippen LogP contribution in [-0.2, 0) is 0 Å². The van der Waals surface area contributed by atoms with Crippen LogP contribution >= 0.6 is 0 Å². The molecule has 1 rings (SSSR count). The van der Waals surface area contributed by atoms with Gasteiger partial charge in [0.1, 0.15) is 0 Å². The summed E-state index contributed by atoms with van der Waals surface area (Å²) in [6.07, 6.45) is 4.93. The van der Waals surface area contributed by atoms with Gasteiger partial charge in [-0.15, -0.1) is 0 Å². The van der Waals surface area contributed by atoms with Gasteiger partial charge in [0.25, 0.3) is 0 Å². The van der Waals surface area contributed by atoms with Crippen LogP contribution < -0.4 is 5.32 Å². The minimum atomic E-state index is 0.122. The molecule has 0 spiro atoms. The molecule has 19 heavy (non-hydrogen) atoms. The van der Waals surface area contributed by atoms with Crippen LogP contribution in [0.15, 0.2) is 0 Å². The predicted octanol–water partition coefficient (Wildman–Crippen LogP) is 3.89. The van der Waals surface area contributed by atoms with Gasteiger partial charge in [-0.25, -0.2) is 4.79 Å². The zero-order valence-electron chi connectivity index (χ0n) is 13.5. The van der Waals surface area contributed by atoms with Crippen molar-refractivity contribution in [3.8, 4) is 0 Å². The van der Waals surface area contributed by atoms with E-state index in [-0.39, 0.29) is 11.4 Å². The normalized spacial score (nSPS) is 19.3. The summed E-state index contributed by atoms with van der Waals surface area (Å²) < 4.78 is 0. The van der Waals surface area contributed by atoms with E-state index >= 15 is 0 Å². The molecule has 1 fully saturated rings. The van der Waals surface area contributed by atoms with Crippen molar-refractivity contribution in [2.24, 2.45) is 17.3 Å². The van der Waals surface area contributed by atoms with Crippen LogP contribution in [0.2, 0.25) is 0 Å². The zero-order chi connectivity index (χ0) is 14.5. The highest BCUT2D eigenvalue weighted by Crippen LogP contribution is 2.27.